The molecule has 10 aromatic carbocycles. The Kier molecular flexibility index (Phi) is 10.7. The van der Waals surface area contributed by atoms with Crippen LogP contribution in [-0.2, 0) is 0 Å². The van der Waals surface area contributed by atoms with Gasteiger partial charge in [0, 0.05) is 10.8 Å². The Balaban J connectivity index is 0.799. The lowest BCUT2D eigenvalue weighted by molar-refractivity contribution is 0.0717. The molecule has 10 rings (SSSR count). The molecule has 0 heterocycles. The van der Waals surface area contributed by atoms with Gasteiger partial charge in [-0.05, 0) is 129 Å². The van der Waals surface area contributed by atoms with Gasteiger partial charge in [-0.2, -0.15) is 0 Å². The highest BCUT2D eigenvalue weighted by Gasteiger charge is 2.18. The maximum Gasteiger partial charge on any atom is 0.343 e. The smallest absolute Gasteiger partial charge is 0.343 e. The summed E-state index contributed by atoms with van der Waals surface area (Å²) in [6.07, 6.45) is 0. The third-order valence-corrected chi connectivity index (χ3v) is 10.8. The molecule has 312 valence electrons. The Bertz CT molecular complexity index is 3280. The van der Waals surface area contributed by atoms with Crippen LogP contribution in [0.2, 0.25) is 0 Å². The number of hydrogen-bond donors (Lipinski definition) is 0. The van der Waals surface area contributed by atoms with E-state index in [1.54, 1.807) is 72.8 Å². The summed E-state index contributed by atoms with van der Waals surface area (Å²) in [5.74, 6) is 0.0865. The fourth-order valence-corrected chi connectivity index (χ4v) is 7.56. The largest absolute Gasteiger partial charge is 0.457 e. The van der Waals surface area contributed by atoms with E-state index in [1.165, 1.54) is 12.1 Å². The minimum atomic E-state index is -0.635. The molecule has 0 bridgehead atoms. The lowest BCUT2D eigenvalue weighted by Crippen LogP contribution is -2.12. The predicted molar refractivity (Wildman–Crippen MR) is 249 cm³/mol. The first-order valence-corrected chi connectivity index (χ1v) is 20.6. The average molecular weight is 851 g/mol. The minimum Gasteiger partial charge on any atom is -0.457 e. The monoisotopic (exact) mass is 850 g/mol. The van der Waals surface area contributed by atoms with Gasteiger partial charge in [0.15, 0.2) is 0 Å². The molecule has 0 N–H and O–H groups in total. The second-order valence-corrected chi connectivity index (χ2v) is 15.1. The van der Waals surface area contributed by atoms with Gasteiger partial charge >= 0.3 is 23.9 Å². The quantitative estimate of drug-likeness (QED) is 0.0979. The fourth-order valence-electron chi connectivity index (χ4n) is 7.56. The molecule has 0 spiro atoms. The van der Waals surface area contributed by atoms with Crippen LogP contribution in [0.5, 0.6) is 34.5 Å². The molecular formula is C56H34O9. The van der Waals surface area contributed by atoms with Crippen molar-refractivity contribution in [3.63, 3.8) is 0 Å². The van der Waals surface area contributed by atoms with Crippen molar-refractivity contribution in [3.05, 3.63) is 229 Å². The number of rotatable bonds is 10. The van der Waals surface area contributed by atoms with Crippen molar-refractivity contribution in [2.45, 2.75) is 0 Å². The summed E-state index contributed by atoms with van der Waals surface area (Å²) in [7, 11) is 0. The number of hydrogen-bond acceptors (Lipinski definition) is 9. The van der Waals surface area contributed by atoms with Crippen LogP contribution in [0.15, 0.2) is 206 Å². The summed E-state index contributed by atoms with van der Waals surface area (Å²) < 4.78 is 29.2. The number of fused-ring (bicyclic) bond motifs is 4. The van der Waals surface area contributed by atoms with Crippen LogP contribution in [0.25, 0.3) is 43.1 Å². The van der Waals surface area contributed by atoms with Gasteiger partial charge < -0.3 is 23.7 Å². The summed E-state index contributed by atoms with van der Waals surface area (Å²) in [5, 5.41) is 6.80. The second kappa shape index (κ2) is 17.4. The number of ether oxygens (including phenoxy) is 5. The number of benzene rings is 10. The van der Waals surface area contributed by atoms with Gasteiger partial charge in [0.1, 0.15) is 34.5 Å². The zero-order chi connectivity index (χ0) is 44.3. The van der Waals surface area contributed by atoms with Crippen LogP contribution in [-0.4, -0.2) is 23.9 Å². The Hall–Kier alpha value is -9.08. The molecule has 0 aromatic heterocycles. The van der Waals surface area contributed by atoms with E-state index in [0.29, 0.717) is 34.5 Å². The SMILES string of the molecule is O=C(Oc1ccc2ccc(Oc3ccc4ccc(OC(=O)c5cccc(C(=O)Oc6cccc7ccccc67)c5)cc4c3)cc2c1)c1cccc(C(=O)Oc2cccc3ccccc23)c1. The van der Waals surface area contributed by atoms with Gasteiger partial charge in [-0.3, -0.25) is 0 Å². The summed E-state index contributed by atoms with van der Waals surface area (Å²) in [4.78, 5) is 52.9. The fraction of sp³-hybridized carbons (Fsp3) is 0. The molecule has 0 aliphatic heterocycles. The first kappa shape index (κ1) is 40.0. The molecular weight excluding hydrogens is 817 g/mol. The van der Waals surface area contributed by atoms with Crippen LogP contribution in [0.1, 0.15) is 41.4 Å². The lowest BCUT2D eigenvalue weighted by Gasteiger charge is -2.11. The molecule has 0 unspecified atom stereocenters. The molecule has 0 fully saturated rings. The standard InChI is InChI=1S/C56H34O9/c57-53(39-13-5-15-41(29-39)55(59)64-51-19-7-11-37-9-1-3-17-49(37)51)62-47-27-23-35-21-25-45(31-43(35)33-47)61-46-26-22-36-24-28-48(34-44(36)32-46)63-54(58)40-14-6-16-42(30-40)56(60)65-52-20-8-12-38-10-2-4-18-50(38)52/h1-34H. The van der Waals surface area contributed by atoms with E-state index in [-0.39, 0.29) is 22.3 Å². The Labute approximate surface area is 371 Å². The third kappa shape index (κ3) is 8.71. The van der Waals surface area contributed by atoms with Crippen molar-refractivity contribution in [1.29, 1.82) is 0 Å². The summed E-state index contributed by atoms with van der Waals surface area (Å²) in [6, 6.07) is 60.3. The molecule has 0 saturated carbocycles. The van der Waals surface area contributed by atoms with Gasteiger partial charge in [-0.15, -0.1) is 0 Å². The molecule has 10 aromatic rings. The summed E-state index contributed by atoms with van der Waals surface area (Å²) >= 11 is 0. The van der Waals surface area contributed by atoms with Crippen LogP contribution in [0, 0.1) is 0 Å². The Morgan fingerprint density at radius 3 is 1.03 bits per heavy atom. The molecule has 65 heavy (non-hydrogen) atoms. The van der Waals surface area contributed by atoms with E-state index >= 15 is 0 Å². The predicted octanol–water partition coefficient (Wildman–Crippen LogP) is 13.0. The van der Waals surface area contributed by atoms with Crippen molar-refractivity contribution >= 4 is 67.0 Å². The second-order valence-electron chi connectivity index (χ2n) is 15.1. The van der Waals surface area contributed by atoms with Crippen molar-refractivity contribution < 1.29 is 42.9 Å². The van der Waals surface area contributed by atoms with Gasteiger partial charge in [-0.1, -0.05) is 109 Å². The normalized spacial score (nSPS) is 11.0. The molecule has 0 radical (unpaired) electrons. The minimum absolute atomic E-state index is 0.188. The maximum absolute atomic E-state index is 13.3. The highest BCUT2D eigenvalue weighted by molar-refractivity contribution is 6.00. The Morgan fingerprint density at radius 1 is 0.262 bits per heavy atom. The topological polar surface area (TPSA) is 114 Å². The molecule has 9 nitrogen and oxygen atoms in total. The van der Waals surface area contributed by atoms with Gasteiger partial charge in [-0.25, -0.2) is 19.2 Å². The average Bonchev–Trinajstić information content (AvgIpc) is 3.34. The molecule has 0 aliphatic rings. The number of carbonyl (C=O) groups is 4. The van der Waals surface area contributed by atoms with Crippen molar-refractivity contribution in [2.75, 3.05) is 0 Å². The number of esters is 4. The highest BCUT2D eigenvalue weighted by Crippen LogP contribution is 2.33. The van der Waals surface area contributed by atoms with E-state index < -0.39 is 23.9 Å². The molecule has 0 atom stereocenters. The van der Waals surface area contributed by atoms with Crippen LogP contribution < -0.4 is 23.7 Å². The Morgan fingerprint density at radius 2 is 0.600 bits per heavy atom. The lowest BCUT2D eigenvalue weighted by atomic mass is 10.1. The first-order valence-electron chi connectivity index (χ1n) is 20.6. The zero-order valence-corrected chi connectivity index (χ0v) is 34.3. The van der Waals surface area contributed by atoms with Crippen molar-refractivity contribution in [2.24, 2.45) is 0 Å². The van der Waals surface area contributed by atoms with E-state index in [4.69, 9.17) is 23.7 Å². The van der Waals surface area contributed by atoms with E-state index in [2.05, 4.69) is 0 Å². The van der Waals surface area contributed by atoms with Gasteiger partial charge in [0.25, 0.3) is 0 Å². The third-order valence-electron chi connectivity index (χ3n) is 10.8. The van der Waals surface area contributed by atoms with Gasteiger partial charge in [0.05, 0.1) is 22.3 Å². The van der Waals surface area contributed by atoms with Crippen LogP contribution >= 0.6 is 0 Å². The first-order chi connectivity index (χ1) is 31.8. The zero-order valence-electron chi connectivity index (χ0n) is 34.3. The van der Waals surface area contributed by atoms with Crippen molar-refractivity contribution in [1.82, 2.24) is 0 Å². The summed E-state index contributed by atoms with van der Waals surface area (Å²) in [5.41, 5.74) is 0.790. The molecule has 0 saturated heterocycles. The summed E-state index contributed by atoms with van der Waals surface area (Å²) in [6.45, 7) is 0. The van der Waals surface area contributed by atoms with E-state index in [0.717, 1.165) is 43.1 Å². The molecule has 0 amide bonds. The number of carbonyl (C=O) groups excluding carboxylic acids is 4. The molecule has 9 heteroatoms. The van der Waals surface area contributed by atoms with Crippen LogP contribution in [0.4, 0.5) is 0 Å². The highest BCUT2D eigenvalue weighted by atomic mass is 16.5. The molecule has 0 aliphatic carbocycles. The van der Waals surface area contributed by atoms with Crippen LogP contribution in [0.3, 0.4) is 0 Å². The van der Waals surface area contributed by atoms with E-state index in [1.807, 2.05) is 121 Å². The van der Waals surface area contributed by atoms with Crippen molar-refractivity contribution in [3.8, 4) is 34.5 Å². The van der Waals surface area contributed by atoms with Gasteiger partial charge in [0.2, 0.25) is 0 Å². The maximum atomic E-state index is 13.3. The van der Waals surface area contributed by atoms with E-state index in [9.17, 15) is 19.2 Å².